The SMILES string of the molecule is Cc1ncc(CO)c2c1OC1=C(O)[C@H]2NN(C)c2nc3ccc(Cl)cc3nc21. The maximum Gasteiger partial charge on any atom is 0.196 e. The standard InChI is InChI=1S/C19H16ClN5O3/c1-8-17-13(9(7-26)6-21-8)14-16(27)18(28-17)15-19(25(2)24-14)23-11-4-3-10(20)5-12(11)22-15/h3-6,14,24,26-27H,7H2,1-2H3/t14-/m0/s1. The van der Waals surface area contributed by atoms with E-state index in [1.807, 2.05) is 6.92 Å². The van der Waals surface area contributed by atoms with Crippen molar-refractivity contribution >= 4 is 34.2 Å². The predicted molar refractivity (Wildman–Crippen MR) is 104 cm³/mol. The number of hydrazine groups is 1. The first-order chi connectivity index (χ1) is 13.5. The zero-order valence-corrected chi connectivity index (χ0v) is 15.8. The van der Waals surface area contributed by atoms with Crippen molar-refractivity contribution in [3.8, 4) is 5.75 Å². The number of aliphatic hydroxyl groups is 2. The van der Waals surface area contributed by atoms with Gasteiger partial charge in [-0.25, -0.2) is 15.4 Å². The molecule has 0 spiro atoms. The number of aryl methyl sites for hydroxylation is 1. The van der Waals surface area contributed by atoms with Crippen LogP contribution in [0.25, 0.3) is 16.8 Å². The van der Waals surface area contributed by atoms with Gasteiger partial charge in [0.1, 0.15) is 6.04 Å². The molecule has 0 saturated heterocycles. The number of fused-ring (bicyclic) bond motifs is 6. The summed E-state index contributed by atoms with van der Waals surface area (Å²) in [5.41, 5.74) is 6.73. The zero-order valence-electron chi connectivity index (χ0n) is 15.1. The van der Waals surface area contributed by atoms with Crippen molar-refractivity contribution < 1.29 is 14.9 Å². The van der Waals surface area contributed by atoms with Crippen LogP contribution in [0.5, 0.6) is 5.75 Å². The quantitative estimate of drug-likeness (QED) is 0.576. The smallest absolute Gasteiger partial charge is 0.196 e. The highest BCUT2D eigenvalue weighted by Crippen LogP contribution is 2.46. The summed E-state index contributed by atoms with van der Waals surface area (Å²) in [7, 11) is 1.79. The second-order valence-electron chi connectivity index (χ2n) is 6.74. The van der Waals surface area contributed by atoms with Gasteiger partial charge in [-0.15, -0.1) is 0 Å². The van der Waals surface area contributed by atoms with Crippen LogP contribution in [0.1, 0.15) is 28.6 Å². The second kappa shape index (κ2) is 6.03. The van der Waals surface area contributed by atoms with Crippen molar-refractivity contribution in [1.82, 2.24) is 20.4 Å². The number of anilines is 1. The van der Waals surface area contributed by atoms with Crippen molar-refractivity contribution in [1.29, 1.82) is 0 Å². The Kier molecular flexibility index (Phi) is 3.70. The molecule has 0 unspecified atom stereocenters. The fourth-order valence-corrected chi connectivity index (χ4v) is 3.76. The number of ether oxygens (including phenoxy) is 1. The molecule has 3 aromatic rings. The molecule has 0 saturated carbocycles. The molecule has 1 atom stereocenters. The highest BCUT2D eigenvalue weighted by atomic mass is 35.5. The minimum atomic E-state index is -0.629. The average molecular weight is 398 g/mol. The van der Waals surface area contributed by atoms with Gasteiger partial charge >= 0.3 is 0 Å². The number of aliphatic hydroxyl groups excluding tert-OH is 2. The van der Waals surface area contributed by atoms with Crippen LogP contribution in [0.15, 0.2) is 30.2 Å². The summed E-state index contributed by atoms with van der Waals surface area (Å²) in [4.78, 5) is 13.6. The van der Waals surface area contributed by atoms with Crippen molar-refractivity contribution in [2.75, 3.05) is 12.1 Å². The second-order valence-corrected chi connectivity index (χ2v) is 7.17. The summed E-state index contributed by atoms with van der Waals surface area (Å²) in [5, 5.41) is 23.0. The molecular weight excluding hydrogens is 382 g/mol. The number of pyridine rings is 1. The molecule has 28 heavy (non-hydrogen) atoms. The molecule has 2 aliphatic heterocycles. The Morgan fingerprint density at radius 3 is 2.89 bits per heavy atom. The Morgan fingerprint density at radius 2 is 2.11 bits per heavy atom. The monoisotopic (exact) mass is 397 g/mol. The van der Waals surface area contributed by atoms with E-state index in [-0.39, 0.29) is 18.1 Å². The molecule has 1 aromatic carbocycles. The van der Waals surface area contributed by atoms with Crippen LogP contribution in [0.2, 0.25) is 5.02 Å². The Balaban J connectivity index is 1.79. The molecule has 2 aromatic heterocycles. The van der Waals surface area contributed by atoms with E-state index in [0.29, 0.717) is 50.1 Å². The van der Waals surface area contributed by atoms with Gasteiger partial charge < -0.3 is 14.9 Å². The highest BCUT2D eigenvalue weighted by molar-refractivity contribution is 6.31. The first kappa shape index (κ1) is 17.2. The van der Waals surface area contributed by atoms with Crippen LogP contribution >= 0.6 is 11.6 Å². The predicted octanol–water partition coefficient (Wildman–Crippen LogP) is 2.79. The molecule has 0 amide bonds. The van der Waals surface area contributed by atoms with E-state index in [4.69, 9.17) is 16.3 Å². The largest absolute Gasteiger partial charge is 0.506 e. The van der Waals surface area contributed by atoms with Crippen molar-refractivity contribution in [2.24, 2.45) is 0 Å². The van der Waals surface area contributed by atoms with Crippen molar-refractivity contribution in [3.05, 3.63) is 57.7 Å². The number of nitrogens with zero attached hydrogens (tertiary/aromatic N) is 4. The third-order valence-corrected chi connectivity index (χ3v) is 5.20. The van der Waals surface area contributed by atoms with Gasteiger partial charge in [0.25, 0.3) is 0 Å². The maximum atomic E-state index is 11.0. The molecule has 4 heterocycles. The molecular formula is C19H16ClN5O3. The highest BCUT2D eigenvalue weighted by Gasteiger charge is 2.39. The topological polar surface area (TPSA) is 104 Å². The van der Waals surface area contributed by atoms with Crippen LogP contribution in [0, 0.1) is 6.92 Å². The Morgan fingerprint density at radius 1 is 1.29 bits per heavy atom. The number of rotatable bonds is 1. The maximum absolute atomic E-state index is 11.0. The first-order valence-corrected chi connectivity index (χ1v) is 9.03. The van der Waals surface area contributed by atoms with Gasteiger partial charge in [0.2, 0.25) is 0 Å². The summed E-state index contributed by atoms with van der Waals surface area (Å²) in [6.45, 7) is 1.58. The normalized spacial score (nSPS) is 17.9. The van der Waals surface area contributed by atoms with Crippen LogP contribution in [-0.4, -0.2) is 32.2 Å². The van der Waals surface area contributed by atoms with Crippen LogP contribution in [0.4, 0.5) is 5.82 Å². The third-order valence-electron chi connectivity index (χ3n) is 4.97. The van der Waals surface area contributed by atoms with E-state index >= 15 is 0 Å². The van der Waals surface area contributed by atoms with Crippen LogP contribution < -0.4 is 15.2 Å². The molecule has 3 N–H and O–H groups in total. The Labute approximate surface area is 165 Å². The number of nitrogens with one attached hydrogen (secondary N) is 1. The average Bonchev–Trinajstić information content (AvgIpc) is 2.74. The van der Waals surface area contributed by atoms with Crippen LogP contribution in [-0.2, 0) is 6.61 Å². The first-order valence-electron chi connectivity index (χ1n) is 8.65. The van der Waals surface area contributed by atoms with E-state index in [9.17, 15) is 10.2 Å². The van der Waals surface area contributed by atoms with Crippen molar-refractivity contribution in [2.45, 2.75) is 19.6 Å². The van der Waals surface area contributed by atoms with Crippen LogP contribution in [0.3, 0.4) is 0 Å². The molecule has 0 radical (unpaired) electrons. The van der Waals surface area contributed by atoms with Gasteiger partial charge in [-0.05, 0) is 25.1 Å². The molecule has 5 rings (SSSR count). The molecule has 8 nitrogen and oxygen atoms in total. The molecule has 9 heteroatoms. The molecule has 0 aliphatic carbocycles. The van der Waals surface area contributed by atoms with Gasteiger partial charge in [0, 0.05) is 29.4 Å². The van der Waals surface area contributed by atoms with Gasteiger partial charge in [-0.1, -0.05) is 11.6 Å². The van der Waals surface area contributed by atoms with E-state index < -0.39 is 6.04 Å². The molecule has 2 bridgehead atoms. The van der Waals surface area contributed by atoms with E-state index in [2.05, 4.69) is 20.4 Å². The van der Waals surface area contributed by atoms with Gasteiger partial charge in [-0.2, -0.15) is 0 Å². The minimum Gasteiger partial charge on any atom is -0.506 e. The summed E-state index contributed by atoms with van der Waals surface area (Å²) in [6.07, 6.45) is 1.59. The molecule has 0 fully saturated rings. The lowest BCUT2D eigenvalue weighted by molar-refractivity contribution is 0.270. The van der Waals surface area contributed by atoms with E-state index in [1.54, 1.807) is 36.5 Å². The van der Waals surface area contributed by atoms with Gasteiger partial charge in [0.15, 0.2) is 28.8 Å². The van der Waals surface area contributed by atoms with Gasteiger partial charge in [0.05, 0.1) is 23.3 Å². The zero-order chi connectivity index (χ0) is 19.6. The number of aromatic nitrogens is 3. The number of hydrogen-bond donors (Lipinski definition) is 3. The Hall–Kier alpha value is -2.94. The summed E-state index contributed by atoms with van der Waals surface area (Å²) in [5.74, 6) is 1.17. The minimum absolute atomic E-state index is 0.0333. The Bertz CT molecular complexity index is 1180. The van der Waals surface area contributed by atoms with Gasteiger partial charge in [-0.3, -0.25) is 9.99 Å². The molecule has 2 aliphatic rings. The number of hydrogen-bond acceptors (Lipinski definition) is 8. The molecule has 142 valence electrons. The summed E-state index contributed by atoms with van der Waals surface area (Å²) in [6, 6.07) is 4.62. The summed E-state index contributed by atoms with van der Waals surface area (Å²) < 4.78 is 6.08. The lowest BCUT2D eigenvalue weighted by atomic mass is 9.96. The number of halogens is 1. The fourth-order valence-electron chi connectivity index (χ4n) is 3.59. The lowest BCUT2D eigenvalue weighted by Gasteiger charge is -2.29. The lowest BCUT2D eigenvalue weighted by Crippen LogP contribution is -2.39. The fraction of sp³-hybridized carbons (Fsp3) is 0.211. The van der Waals surface area contributed by atoms with E-state index in [0.717, 1.165) is 0 Å². The van der Waals surface area contributed by atoms with Crippen molar-refractivity contribution in [3.63, 3.8) is 0 Å². The summed E-state index contributed by atoms with van der Waals surface area (Å²) >= 11 is 6.10. The third kappa shape index (κ3) is 2.35. The number of benzene rings is 1. The van der Waals surface area contributed by atoms with E-state index in [1.165, 1.54) is 0 Å².